The Bertz CT molecular complexity index is 923. The van der Waals surface area contributed by atoms with Crippen LogP contribution in [0.4, 0.5) is 10.1 Å². The summed E-state index contributed by atoms with van der Waals surface area (Å²) in [5.41, 5.74) is 2.92. The standard InChI is InChI=1S/C19H21FN2O3S/c1-13-9-14(2)11-16(10-13)22-8-7-18(19(22)23)21-26(24,25)12-15-5-3-4-6-17(15)20/h3-6,9-11,18,21H,7-8,12H2,1-2H3. The van der Waals surface area contributed by atoms with E-state index in [0.29, 0.717) is 13.0 Å². The molecule has 1 heterocycles. The molecular formula is C19H21FN2O3S. The minimum atomic E-state index is -3.83. The van der Waals surface area contributed by atoms with E-state index >= 15 is 0 Å². The average molecular weight is 376 g/mol. The number of halogens is 1. The highest BCUT2D eigenvalue weighted by Gasteiger charge is 2.35. The first-order valence-corrected chi connectivity index (χ1v) is 10.0. The predicted molar refractivity (Wildman–Crippen MR) is 98.8 cm³/mol. The molecule has 1 aliphatic rings. The molecule has 5 nitrogen and oxygen atoms in total. The lowest BCUT2D eigenvalue weighted by Gasteiger charge is -2.18. The molecule has 1 amide bonds. The number of nitrogens with zero attached hydrogens (tertiary/aromatic N) is 1. The van der Waals surface area contributed by atoms with Gasteiger partial charge in [0.25, 0.3) is 0 Å². The van der Waals surface area contributed by atoms with Gasteiger partial charge >= 0.3 is 0 Å². The van der Waals surface area contributed by atoms with E-state index in [-0.39, 0.29) is 11.5 Å². The molecule has 1 saturated heterocycles. The maximum atomic E-state index is 13.7. The molecule has 26 heavy (non-hydrogen) atoms. The Morgan fingerprint density at radius 3 is 2.46 bits per heavy atom. The highest BCUT2D eigenvalue weighted by molar-refractivity contribution is 7.88. The van der Waals surface area contributed by atoms with Crippen molar-refractivity contribution >= 4 is 21.6 Å². The molecular weight excluding hydrogens is 355 g/mol. The van der Waals surface area contributed by atoms with E-state index < -0.39 is 27.6 Å². The number of rotatable bonds is 5. The van der Waals surface area contributed by atoms with E-state index in [2.05, 4.69) is 4.72 Å². The molecule has 1 fully saturated rings. The number of sulfonamides is 1. The van der Waals surface area contributed by atoms with Crippen molar-refractivity contribution in [2.24, 2.45) is 0 Å². The van der Waals surface area contributed by atoms with Crippen LogP contribution in [0.5, 0.6) is 0 Å². The van der Waals surface area contributed by atoms with Crippen LogP contribution in [-0.2, 0) is 20.6 Å². The summed E-state index contributed by atoms with van der Waals surface area (Å²) in [6.45, 7) is 4.34. The van der Waals surface area contributed by atoms with Gasteiger partial charge in [0.15, 0.2) is 0 Å². The fourth-order valence-electron chi connectivity index (χ4n) is 3.23. The van der Waals surface area contributed by atoms with Crippen LogP contribution in [-0.4, -0.2) is 26.9 Å². The minimum absolute atomic E-state index is 0.0802. The largest absolute Gasteiger partial charge is 0.311 e. The highest BCUT2D eigenvalue weighted by Crippen LogP contribution is 2.24. The molecule has 2 aromatic rings. The Hall–Kier alpha value is -2.25. The number of benzene rings is 2. The van der Waals surface area contributed by atoms with Crippen molar-refractivity contribution < 1.29 is 17.6 Å². The number of carbonyl (C=O) groups is 1. The van der Waals surface area contributed by atoms with Crippen LogP contribution in [0.25, 0.3) is 0 Å². The Morgan fingerprint density at radius 1 is 1.15 bits per heavy atom. The van der Waals surface area contributed by atoms with Gasteiger partial charge in [-0.1, -0.05) is 24.3 Å². The van der Waals surface area contributed by atoms with Crippen LogP contribution >= 0.6 is 0 Å². The molecule has 2 aromatic carbocycles. The summed E-state index contributed by atoms with van der Waals surface area (Å²) in [6, 6.07) is 10.7. The number of hydrogen-bond acceptors (Lipinski definition) is 3. The van der Waals surface area contributed by atoms with Gasteiger partial charge in [-0.15, -0.1) is 0 Å². The number of hydrogen-bond donors (Lipinski definition) is 1. The van der Waals surface area contributed by atoms with Crippen LogP contribution in [0.1, 0.15) is 23.1 Å². The fraction of sp³-hybridized carbons (Fsp3) is 0.316. The monoisotopic (exact) mass is 376 g/mol. The first-order chi connectivity index (χ1) is 12.2. The molecule has 0 spiro atoms. The molecule has 0 bridgehead atoms. The molecule has 7 heteroatoms. The number of carbonyl (C=O) groups excluding carboxylic acids is 1. The van der Waals surface area contributed by atoms with Crippen LogP contribution in [0.2, 0.25) is 0 Å². The van der Waals surface area contributed by atoms with Gasteiger partial charge in [-0.2, -0.15) is 0 Å². The zero-order valence-corrected chi connectivity index (χ0v) is 15.5. The van der Waals surface area contributed by atoms with Gasteiger partial charge in [0.2, 0.25) is 15.9 Å². The second-order valence-corrected chi connectivity index (χ2v) is 8.40. The zero-order chi connectivity index (χ0) is 18.9. The molecule has 1 aliphatic heterocycles. The van der Waals surface area contributed by atoms with E-state index in [9.17, 15) is 17.6 Å². The van der Waals surface area contributed by atoms with E-state index in [1.165, 1.54) is 18.2 Å². The number of aryl methyl sites for hydroxylation is 2. The maximum absolute atomic E-state index is 13.7. The van der Waals surface area contributed by atoms with E-state index in [1.807, 2.05) is 32.0 Å². The molecule has 138 valence electrons. The van der Waals surface area contributed by atoms with Gasteiger partial charge in [-0.05, 0) is 49.6 Å². The number of amides is 1. The molecule has 3 rings (SSSR count). The van der Waals surface area contributed by atoms with Gasteiger partial charge in [-0.3, -0.25) is 4.79 Å². The Kier molecular flexibility index (Phi) is 5.11. The second-order valence-electron chi connectivity index (χ2n) is 6.65. The summed E-state index contributed by atoms with van der Waals surface area (Å²) in [6.07, 6.45) is 0.377. The highest BCUT2D eigenvalue weighted by atomic mass is 32.2. The van der Waals surface area contributed by atoms with Gasteiger partial charge in [0.1, 0.15) is 11.9 Å². The van der Waals surface area contributed by atoms with Crippen LogP contribution in [0.15, 0.2) is 42.5 Å². The van der Waals surface area contributed by atoms with Crippen LogP contribution in [0.3, 0.4) is 0 Å². The lowest BCUT2D eigenvalue weighted by Crippen LogP contribution is -2.42. The van der Waals surface area contributed by atoms with Crippen molar-refractivity contribution in [2.75, 3.05) is 11.4 Å². The number of anilines is 1. The average Bonchev–Trinajstić information content (AvgIpc) is 2.89. The smallest absolute Gasteiger partial charge is 0.245 e. The van der Waals surface area contributed by atoms with Crippen molar-refractivity contribution in [3.05, 3.63) is 65.0 Å². The fourth-order valence-corrected chi connectivity index (χ4v) is 4.61. The van der Waals surface area contributed by atoms with Crippen molar-refractivity contribution in [3.8, 4) is 0 Å². The van der Waals surface area contributed by atoms with Crippen molar-refractivity contribution in [2.45, 2.75) is 32.1 Å². The molecule has 0 aliphatic carbocycles. The summed E-state index contributed by atoms with van der Waals surface area (Å²) in [4.78, 5) is 14.2. The molecule has 1 atom stereocenters. The van der Waals surface area contributed by atoms with Crippen molar-refractivity contribution in [3.63, 3.8) is 0 Å². The van der Waals surface area contributed by atoms with Gasteiger partial charge < -0.3 is 4.90 Å². The third-order valence-electron chi connectivity index (χ3n) is 4.35. The molecule has 0 saturated carbocycles. The summed E-state index contributed by atoms with van der Waals surface area (Å²) in [5, 5.41) is 0. The first kappa shape index (κ1) is 18.5. The first-order valence-electron chi connectivity index (χ1n) is 8.38. The minimum Gasteiger partial charge on any atom is -0.311 e. The van der Waals surface area contributed by atoms with Crippen molar-refractivity contribution in [1.82, 2.24) is 4.72 Å². The van der Waals surface area contributed by atoms with Crippen LogP contribution < -0.4 is 9.62 Å². The van der Waals surface area contributed by atoms with E-state index in [0.717, 1.165) is 16.8 Å². The molecule has 1 unspecified atom stereocenters. The lowest BCUT2D eigenvalue weighted by atomic mass is 10.1. The third kappa shape index (κ3) is 4.11. The van der Waals surface area contributed by atoms with Gasteiger partial charge in [-0.25, -0.2) is 17.5 Å². The van der Waals surface area contributed by atoms with E-state index in [4.69, 9.17) is 0 Å². The quantitative estimate of drug-likeness (QED) is 0.872. The third-order valence-corrected chi connectivity index (χ3v) is 5.68. The molecule has 0 radical (unpaired) electrons. The van der Waals surface area contributed by atoms with Gasteiger partial charge in [0.05, 0.1) is 5.75 Å². The maximum Gasteiger partial charge on any atom is 0.245 e. The van der Waals surface area contributed by atoms with Crippen LogP contribution in [0, 0.1) is 19.7 Å². The Balaban J connectivity index is 1.73. The molecule has 1 N–H and O–H groups in total. The Labute approximate surface area is 152 Å². The topological polar surface area (TPSA) is 66.5 Å². The van der Waals surface area contributed by atoms with E-state index in [1.54, 1.807) is 11.0 Å². The second kappa shape index (κ2) is 7.17. The normalized spacial score (nSPS) is 17.7. The van der Waals surface area contributed by atoms with Crippen molar-refractivity contribution in [1.29, 1.82) is 0 Å². The summed E-state index contributed by atoms with van der Waals surface area (Å²) in [7, 11) is -3.83. The SMILES string of the molecule is Cc1cc(C)cc(N2CCC(NS(=O)(=O)Cc3ccccc3F)C2=O)c1. The molecule has 0 aromatic heterocycles. The zero-order valence-electron chi connectivity index (χ0n) is 14.7. The van der Waals surface area contributed by atoms with Gasteiger partial charge in [0, 0.05) is 17.8 Å². The summed E-state index contributed by atoms with van der Waals surface area (Å²) >= 11 is 0. The lowest BCUT2D eigenvalue weighted by molar-refractivity contribution is -0.118. The summed E-state index contributed by atoms with van der Waals surface area (Å²) < 4.78 is 40.8. The Morgan fingerprint density at radius 2 is 1.81 bits per heavy atom. The number of nitrogens with one attached hydrogen (secondary N) is 1. The summed E-state index contributed by atoms with van der Waals surface area (Å²) in [5.74, 6) is -1.35. The predicted octanol–water partition coefficient (Wildman–Crippen LogP) is 2.67.